The average molecular weight is 355 g/mol. The standard InChI is InChI=1S/C19H19ClN4O/c1-25-17-9-5-2-6-14(17)10-11-21-18-12-19(23-13-22-18)24-16-8-4-3-7-15(16)20/h2-9,12-13H,10-11H2,1H3,(H2,21,22,23,24). The van der Waals surface area contributed by atoms with Crippen molar-refractivity contribution >= 4 is 28.9 Å². The zero-order valence-electron chi connectivity index (χ0n) is 13.9. The van der Waals surface area contributed by atoms with Gasteiger partial charge in [0.05, 0.1) is 17.8 Å². The minimum absolute atomic E-state index is 0.645. The van der Waals surface area contributed by atoms with E-state index in [1.54, 1.807) is 7.11 Å². The Balaban J connectivity index is 1.61. The number of rotatable bonds is 7. The van der Waals surface area contributed by atoms with E-state index in [1.165, 1.54) is 6.33 Å². The number of methoxy groups -OCH3 is 1. The first-order valence-corrected chi connectivity index (χ1v) is 8.33. The quantitative estimate of drug-likeness (QED) is 0.652. The number of ether oxygens (including phenoxy) is 1. The fourth-order valence-electron chi connectivity index (χ4n) is 2.46. The van der Waals surface area contributed by atoms with Crippen LogP contribution < -0.4 is 15.4 Å². The first-order chi connectivity index (χ1) is 12.3. The lowest BCUT2D eigenvalue weighted by Gasteiger charge is -2.11. The van der Waals surface area contributed by atoms with Gasteiger partial charge in [-0.1, -0.05) is 41.9 Å². The van der Waals surface area contributed by atoms with Crippen LogP contribution in [0.25, 0.3) is 0 Å². The molecule has 25 heavy (non-hydrogen) atoms. The van der Waals surface area contributed by atoms with Crippen LogP contribution in [-0.2, 0) is 6.42 Å². The molecule has 5 nitrogen and oxygen atoms in total. The summed E-state index contributed by atoms with van der Waals surface area (Å²) >= 11 is 6.16. The molecular formula is C19H19ClN4O. The van der Waals surface area contributed by atoms with Crippen molar-refractivity contribution in [3.8, 4) is 5.75 Å². The topological polar surface area (TPSA) is 59.1 Å². The zero-order valence-corrected chi connectivity index (χ0v) is 14.6. The molecular weight excluding hydrogens is 336 g/mol. The third kappa shape index (κ3) is 4.61. The van der Waals surface area contributed by atoms with Crippen molar-refractivity contribution in [1.29, 1.82) is 0 Å². The van der Waals surface area contributed by atoms with Crippen molar-refractivity contribution in [2.45, 2.75) is 6.42 Å². The molecule has 0 unspecified atom stereocenters. The van der Waals surface area contributed by atoms with Gasteiger partial charge in [-0.3, -0.25) is 0 Å². The molecule has 0 aliphatic heterocycles. The number of anilines is 3. The Kier molecular flexibility index (Phi) is 5.69. The summed E-state index contributed by atoms with van der Waals surface area (Å²) in [7, 11) is 1.68. The lowest BCUT2D eigenvalue weighted by molar-refractivity contribution is 0.410. The third-order valence-electron chi connectivity index (χ3n) is 3.70. The van der Waals surface area contributed by atoms with Crippen LogP contribution in [-0.4, -0.2) is 23.6 Å². The molecule has 3 rings (SSSR count). The summed E-state index contributed by atoms with van der Waals surface area (Å²) in [6, 6.07) is 17.4. The Labute approximate surface area is 152 Å². The van der Waals surface area contributed by atoms with Crippen molar-refractivity contribution in [2.75, 3.05) is 24.3 Å². The summed E-state index contributed by atoms with van der Waals surface area (Å²) in [5.41, 5.74) is 1.96. The predicted molar refractivity (Wildman–Crippen MR) is 102 cm³/mol. The molecule has 0 amide bonds. The summed E-state index contributed by atoms with van der Waals surface area (Å²) < 4.78 is 5.37. The summed E-state index contributed by atoms with van der Waals surface area (Å²) in [6.45, 7) is 0.739. The second kappa shape index (κ2) is 8.35. The number of hydrogen-bond acceptors (Lipinski definition) is 5. The Morgan fingerprint density at radius 2 is 1.76 bits per heavy atom. The van der Waals surface area contributed by atoms with E-state index in [9.17, 15) is 0 Å². The molecule has 0 atom stereocenters. The molecule has 1 heterocycles. The fraction of sp³-hybridized carbons (Fsp3) is 0.158. The summed E-state index contributed by atoms with van der Waals surface area (Å²) in [4.78, 5) is 8.48. The lowest BCUT2D eigenvalue weighted by Crippen LogP contribution is -2.08. The van der Waals surface area contributed by atoms with Gasteiger partial charge in [-0.2, -0.15) is 0 Å². The zero-order chi connectivity index (χ0) is 17.5. The average Bonchev–Trinajstić information content (AvgIpc) is 2.64. The van der Waals surface area contributed by atoms with Gasteiger partial charge in [-0.15, -0.1) is 0 Å². The molecule has 0 radical (unpaired) electrons. The van der Waals surface area contributed by atoms with Gasteiger partial charge in [-0.05, 0) is 30.2 Å². The van der Waals surface area contributed by atoms with E-state index >= 15 is 0 Å². The van der Waals surface area contributed by atoms with Crippen molar-refractivity contribution in [3.05, 3.63) is 71.5 Å². The Bertz CT molecular complexity index is 841. The molecule has 0 aliphatic rings. The molecule has 0 saturated heterocycles. The van der Waals surface area contributed by atoms with Crippen molar-refractivity contribution in [3.63, 3.8) is 0 Å². The number of benzene rings is 2. The maximum atomic E-state index is 6.16. The Morgan fingerprint density at radius 3 is 2.60 bits per heavy atom. The molecule has 0 spiro atoms. The van der Waals surface area contributed by atoms with Gasteiger partial charge in [0.25, 0.3) is 0 Å². The highest BCUT2D eigenvalue weighted by atomic mass is 35.5. The second-order valence-electron chi connectivity index (χ2n) is 5.38. The van der Waals surface area contributed by atoms with E-state index in [1.807, 2.05) is 48.5 Å². The van der Waals surface area contributed by atoms with Gasteiger partial charge in [0.2, 0.25) is 0 Å². The summed E-state index contributed by atoms with van der Waals surface area (Å²) in [5, 5.41) is 7.15. The molecule has 6 heteroatoms. The van der Waals surface area contributed by atoms with Gasteiger partial charge in [0.1, 0.15) is 23.7 Å². The first kappa shape index (κ1) is 17.0. The molecule has 3 aromatic rings. The number of nitrogens with zero attached hydrogens (tertiary/aromatic N) is 2. The number of nitrogens with one attached hydrogen (secondary N) is 2. The van der Waals surface area contributed by atoms with Crippen molar-refractivity contribution < 1.29 is 4.74 Å². The van der Waals surface area contributed by atoms with Crippen LogP contribution in [0.2, 0.25) is 5.02 Å². The summed E-state index contributed by atoms with van der Waals surface area (Å²) in [5.74, 6) is 2.33. The molecule has 0 fully saturated rings. The minimum Gasteiger partial charge on any atom is -0.496 e. The highest BCUT2D eigenvalue weighted by Gasteiger charge is 2.04. The first-order valence-electron chi connectivity index (χ1n) is 7.95. The smallest absolute Gasteiger partial charge is 0.135 e. The van der Waals surface area contributed by atoms with E-state index in [0.29, 0.717) is 10.8 Å². The minimum atomic E-state index is 0.645. The molecule has 1 aromatic heterocycles. The number of para-hydroxylation sites is 2. The van der Waals surface area contributed by atoms with Gasteiger partial charge in [0.15, 0.2) is 0 Å². The Morgan fingerprint density at radius 1 is 1.00 bits per heavy atom. The van der Waals surface area contributed by atoms with Crippen LogP contribution in [0.3, 0.4) is 0 Å². The number of aromatic nitrogens is 2. The summed E-state index contributed by atoms with van der Waals surface area (Å²) in [6.07, 6.45) is 2.35. The van der Waals surface area contributed by atoms with Gasteiger partial charge in [0, 0.05) is 12.6 Å². The predicted octanol–water partition coefficient (Wildman–Crippen LogP) is 4.54. The van der Waals surface area contributed by atoms with Crippen molar-refractivity contribution in [1.82, 2.24) is 9.97 Å². The third-order valence-corrected chi connectivity index (χ3v) is 4.03. The highest BCUT2D eigenvalue weighted by molar-refractivity contribution is 6.33. The maximum Gasteiger partial charge on any atom is 0.135 e. The SMILES string of the molecule is COc1ccccc1CCNc1cc(Nc2ccccc2Cl)ncn1. The monoisotopic (exact) mass is 354 g/mol. The van der Waals surface area contributed by atoms with E-state index < -0.39 is 0 Å². The highest BCUT2D eigenvalue weighted by Crippen LogP contribution is 2.24. The van der Waals surface area contributed by atoms with Crippen LogP contribution in [0.4, 0.5) is 17.3 Å². The van der Waals surface area contributed by atoms with Gasteiger partial charge in [-0.25, -0.2) is 9.97 Å². The van der Waals surface area contributed by atoms with Crippen molar-refractivity contribution in [2.24, 2.45) is 0 Å². The maximum absolute atomic E-state index is 6.16. The second-order valence-corrected chi connectivity index (χ2v) is 5.79. The molecule has 0 aliphatic carbocycles. The number of halogens is 1. The molecule has 128 valence electrons. The van der Waals surface area contributed by atoms with Crippen LogP contribution in [0.1, 0.15) is 5.56 Å². The van der Waals surface area contributed by atoms with E-state index in [0.717, 1.165) is 35.8 Å². The molecule has 0 saturated carbocycles. The molecule has 2 aromatic carbocycles. The fourth-order valence-corrected chi connectivity index (χ4v) is 2.64. The largest absolute Gasteiger partial charge is 0.496 e. The van der Waals surface area contributed by atoms with Crippen LogP contribution in [0, 0.1) is 0 Å². The van der Waals surface area contributed by atoms with E-state index in [4.69, 9.17) is 16.3 Å². The van der Waals surface area contributed by atoms with Crippen LogP contribution in [0.15, 0.2) is 60.9 Å². The van der Waals surface area contributed by atoms with E-state index in [-0.39, 0.29) is 0 Å². The lowest BCUT2D eigenvalue weighted by atomic mass is 10.1. The van der Waals surface area contributed by atoms with E-state index in [2.05, 4.69) is 26.7 Å². The van der Waals surface area contributed by atoms with Gasteiger partial charge < -0.3 is 15.4 Å². The Hall–Kier alpha value is -2.79. The van der Waals surface area contributed by atoms with Gasteiger partial charge >= 0.3 is 0 Å². The van der Waals surface area contributed by atoms with Crippen LogP contribution >= 0.6 is 11.6 Å². The normalized spacial score (nSPS) is 10.3. The van der Waals surface area contributed by atoms with Crippen LogP contribution in [0.5, 0.6) is 5.75 Å². The number of hydrogen-bond donors (Lipinski definition) is 2. The molecule has 0 bridgehead atoms. The molecule has 2 N–H and O–H groups in total.